The lowest BCUT2D eigenvalue weighted by Crippen LogP contribution is -2.32. The Hall–Kier alpha value is -1.07. The van der Waals surface area contributed by atoms with E-state index >= 15 is 0 Å². The van der Waals surface area contributed by atoms with Crippen LogP contribution in [0.3, 0.4) is 0 Å². The van der Waals surface area contributed by atoms with Gasteiger partial charge in [0.25, 0.3) is 0 Å². The zero-order valence-corrected chi connectivity index (χ0v) is 14.0. The van der Waals surface area contributed by atoms with Gasteiger partial charge < -0.3 is 10.2 Å². The monoisotopic (exact) mass is 310 g/mol. The van der Waals surface area contributed by atoms with Gasteiger partial charge in [0.15, 0.2) is 9.84 Å². The van der Waals surface area contributed by atoms with Gasteiger partial charge in [-0.25, -0.2) is 8.42 Å². The van der Waals surface area contributed by atoms with Crippen molar-refractivity contribution in [3.8, 4) is 0 Å². The molecule has 1 aliphatic heterocycles. The molecular weight excluding hydrogens is 284 g/mol. The SMILES string of the molecule is CC(C)N1CCCC(Nc2ccccc2S(C)(=O)=O)CC1. The third-order valence-electron chi connectivity index (χ3n) is 4.14. The fraction of sp³-hybridized carbons (Fsp3) is 0.625. The molecule has 0 aromatic heterocycles. The molecule has 0 radical (unpaired) electrons. The van der Waals surface area contributed by atoms with Crippen molar-refractivity contribution in [1.82, 2.24) is 4.90 Å². The molecule has 1 fully saturated rings. The average molecular weight is 310 g/mol. The first-order valence-corrected chi connectivity index (χ1v) is 9.56. The predicted octanol–water partition coefficient (Wildman–Crippen LogP) is 2.76. The highest BCUT2D eigenvalue weighted by atomic mass is 32.2. The highest BCUT2D eigenvalue weighted by Gasteiger charge is 2.20. The maximum atomic E-state index is 11.9. The Kier molecular flexibility index (Phi) is 5.27. The quantitative estimate of drug-likeness (QED) is 0.929. The molecule has 1 atom stereocenters. The summed E-state index contributed by atoms with van der Waals surface area (Å²) in [6, 6.07) is 8.11. The van der Waals surface area contributed by atoms with Crippen molar-refractivity contribution in [3.05, 3.63) is 24.3 Å². The smallest absolute Gasteiger partial charge is 0.177 e. The first-order valence-electron chi connectivity index (χ1n) is 7.67. The maximum absolute atomic E-state index is 11.9. The van der Waals surface area contributed by atoms with E-state index in [1.54, 1.807) is 12.1 Å². The molecule has 0 saturated carbocycles. The summed E-state index contributed by atoms with van der Waals surface area (Å²) in [6.07, 6.45) is 4.55. The number of sulfone groups is 1. The normalized spacial score (nSPS) is 21.2. The summed E-state index contributed by atoms with van der Waals surface area (Å²) in [5.74, 6) is 0. The van der Waals surface area contributed by atoms with Crippen LogP contribution in [-0.2, 0) is 9.84 Å². The Bertz CT molecular complexity index is 569. The average Bonchev–Trinajstić information content (AvgIpc) is 2.64. The Morgan fingerprint density at radius 3 is 2.57 bits per heavy atom. The van der Waals surface area contributed by atoms with Gasteiger partial charge in [-0.15, -0.1) is 0 Å². The van der Waals surface area contributed by atoms with Crippen LogP contribution in [0.15, 0.2) is 29.2 Å². The Morgan fingerprint density at radius 2 is 1.90 bits per heavy atom. The number of likely N-dealkylation sites (tertiary alicyclic amines) is 1. The van der Waals surface area contributed by atoms with Gasteiger partial charge in [-0.1, -0.05) is 12.1 Å². The van der Waals surface area contributed by atoms with Crippen molar-refractivity contribution in [3.63, 3.8) is 0 Å². The van der Waals surface area contributed by atoms with E-state index in [4.69, 9.17) is 0 Å². The molecule has 1 aliphatic rings. The highest BCUT2D eigenvalue weighted by Crippen LogP contribution is 2.24. The largest absolute Gasteiger partial charge is 0.381 e. The lowest BCUT2D eigenvalue weighted by Gasteiger charge is -2.24. The van der Waals surface area contributed by atoms with E-state index in [1.807, 2.05) is 12.1 Å². The Morgan fingerprint density at radius 1 is 1.19 bits per heavy atom. The molecule has 1 heterocycles. The molecule has 0 amide bonds. The summed E-state index contributed by atoms with van der Waals surface area (Å²) in [7, 11) is -3.19. The molecule has 1 N–H and O–H groups in total. The molecule has 4 nitrogen and oxygen atoms in total. The Balaban J connectivity index is 2.09. The van der Waals surface area contributed by atoms with E-state index in [1.165, 1.54) is 6.26 Å². The predicted molar refractivity (Wildman–Crippen MR) is 87.5 cm³/mol. The summed E-state index contributed by atoms with van der Waals surface area (Å²) in [4.78, 5) is 2.89. The van der Waals surface area contributed by atoms with Crippen LogP contribution in [-0.4, -0.2) is 44.7 Å². The fourth-order valence-electron chi connectivity index (χ4n) is 2.91. The standard InChI is InChI=1S/C16H26N2O2S/c1-13(2)18-11-6-7-14(10-12-18)17-15-8-4-5-9-16(15)21(3,19)20/h4-5,8-9,13-14,17H,6-7,10-12H2,1-3H3. The van der Waals surface area contributed by atoms with Crippen molar-refractivity contribution in [2.24, 2.45) is 0 Å². The van der Waals surface area contributed by atoms with Crippen molar-refractivity contribution in [2.75, 3.05) is 24.7 Å². The maximum Gasteiger partial charge on any atom is 0.177 e. The molecule has 21 heavy (non-hydrogen) atoms. The number of hydrogen-bond acceptors (Lipinski definition) is 4. The van der Waals surface area contributed by atoms with Gasteiger partial charge in [0.05, 0.1) is 10.6 Å². The first-order chi connectivity index (χ1) is 9.88. The van der Waals surface area contributed by atoms with Crippen LogP contribution in [0.25, 0.3) is 0 Å². The molecule has 1 aromatic carbocycles. The Labute approximate surface area is 128 Å². The van der Waals surface area contributed by atoms with Crippen LogP contribution < -0.4 is 5.32 Å². The van der Waals surface area contributed by atoms with Gasteiger partial charge >= 0.3 is 0 Å². The lowest BCUT2D eigenvalue weighted by molar-refractivity contribution is 0.230. The number of para-hydroxylation sites is 1. The minimum atomic E-state index is -3.19. The lowest BCUT2D eigenvalue weighted by atomic mass is 10.1. The first kappa shape index (κ1) is 16.3. The second kappa shape index (κ2) is 6.79. The third kappa shape index (κ3) is 4.45. The zero-order valence-electron chi connectivity index (χ0n) is 13.2. The highest BCUT2D eigenvalue weighted by molar-refractivity contribution is 7.90. The summed E-state index contributed by atoms with van der Waals surface area (Å²) in [5.41, 5.74) is 0.739. The second-order valence-corrected chi connectivity index (χ2v) is 8.15. The summed E-state index contributed by atoms with van der Waals surface area (Å²) < 4.78 is 23.7. The van der Waals surface area contributed by atoms with Gasteiger partial charge in [0.1, 0.15) is 0 Å². The van der Waals surface area contributed by atoms with Gasteiger partial charge in [-0.3, -0.25) is 0 Å². The van der Waals surface area contributed by atoms with E-state index in [2.05, 4.69) is 24.1 Å². The number of nitrogens with zero attached hydrogens (tertiary/aromatic N) is 1. The van der Waals surface area contributed by atoms with Gasteiger partial charge in [0, 0.05) is 24.9 Å². The van der Waals surface area contributed by atoms with E-state index in [0.29, 0.717) is 17.0 Å². The fourth-order valence-corrected chi connectivity index (χ4v) is 3.76. The third-order valence-corrected chi connectivity index (χ3v) is 5.29. The molecule has 0 aliphatic carbocycles. The number of nitrogens with one attached hydrogen (secondary N) is 1. The number of anilines is 1. The van der Waals surface area contributed by atoms with E-state index in [9.17, 15) is 8.42 Å². The number of hydrogen-bond donors (Lipinski definition) is 1. The van der Waals surface area contributed by atoms with E-state index < -0.39 is 9.84 Å². The summed E-state index contributed by atoms with van der Waals surface area (Å²) in [6.45, 7) is 6.65. The van der Waals surface area contributed by atoms with Crippen molar-refractivity contribution >= 4 is 15.5 Å². The molecule has 1 unspecified atom stereocenters. The number of rotatable bonds is 4. The van der Waals surface area contributed by atoms with Crippen LogP contribution in [0.5, 0.6) is 0 Å². The van der Waals surface area contributed by atoms with Crippen LogP contribution in [0.2, 0.25) is 0 Å². The minimum absolute atomic E-state index is 0.344. The molecule has 0 spiro atoms. The van der Waals surface area contributed by atoms with Gasteiger partial charge in [0.2, 0.25) is 0 Å². The van der Waals surface area contributed by atoms with Crippen molar-refractivity contribution < 1.29 is 8.42 Å². The molecule has 118 valence electrons. The van der Waals surface area contributed by atoms with E-state index in [0.717, 1.165) is 38.0 Å². The summed E-state index contributed by atoms with van der Waals surface area (Å²) >= 11 is 0. The van der Waals surface area contributed by atoms with Gasteiger partial charge in [-0.2, -0.15) is 0 Å². The molecule has 2 rings (SSSR count). The van der Waals surface area contributed by atoms with Crippen LogP contribution in [0.1, 0.15) is 33.1 Å². The van der Waals surface area contributed by atoms with Crippen LogP contribution in [0, 0.1) is 0 Å². The van der Waals surface area contributed by atoms with Crippen LogP contribution in [0.4, 0.5) is 5.69 Å². The van der Waals surface area contributed by atoms with Crippen molar-refractivity contribution in [2.45, 2.75) is 50.1 Å². The second-order valence-electron chi connectivity index (χ2n) is 6.17. The summed E-state index contributed by atoms with van der Waals surface area (Å²) in [5, 5.41) is 3.45. The van der Waals surface area contributed by atoms with Gasteiger partial charge in [-0.05, 0) is 51.8 Å². The van der Waals surface area contributed by atoms with Crippen LogP contribution >= 0.6 is 0 Å². The van der Waals surface area contributed by atoms with E-state index in [-0.39, 0.29) is 0 Å². The minimum Gasteiger partial charge on any atom is -0.381 e. The molecule has 1 aromatic rings. The molecule has 0 bridgehead atoms. The molecule has 5 heteroatoms. The topological polar surface area (TPSA) is 49.4 Å². The molecule has 1 saturated heterocycles. The molecular formula is C16H26N2O2S. The van der Waals surface area contributed by atoms with Crippen molar-refractivity contribution in [1.29, 1.82) is 0 Å². The number of benzene rings is 1. The zero-order chi connectivity index (χ0) is 15.5.